The number of pyridine rings is 1. The molecule has 1 aromatic carbocycles. The first-order valence-corrected chi connectivity index (χ1v) is 5.67. The molecule has 0 saturated carbocycles. The number of hydrogen-bond donors (Lipinski definition) is 2. The molecule has 0 radical (unpaired) electrons. The number of hydrogen-bond acceptors (Lipinski definition) is 3. The zero-order chi connectivity index (χ0) is 11.8. The van der Waals surface area contributed by atoms with Gasteiger partial charge in [0, 0.05) is 24.7 Å². The predicted octanol–water partition coefficient (Wildman–Crippen LogP) is 1.70. The normalized spacial score (nSPS) is 14.8. The summed E-state index contributed by atoms with van der Waals surface area (Å²) in [5, 5.41) is 7.15. The van der Waals surface area contributed by atoms with E-state index in [9.17, 15) is 4.79 Å². The van der Waals surface area contributed by atoms with E-state index in [1.54, 1.807) is 6.20 Å². The lowest BCUT2D eigenvalue weighted by Crippen LogP contribution is -2.24. The number of carbonyl (C=O) groups excluding carboxylic acids is 1. The van der Waals surface area contributed by atoms with Gasteiger partial charge in [0.2, 0.25) is 0 Å². The third kappa shape index (κ3) is 1.62. The van der Waals surface area contributed by atoms with Crippen LogP contribution in [-0.4, -0.2) is 24.0 Å². The van der Waals surface area contributed by atoms with E-state index in [-0.39, 0.29) is 5.91 Å². The average molecular weight is 227 g/mol. The summed E-state index contributed by atoms with van der Waals surface area (Å²) in [4.78, 5) is 16.2. The Morgan fingerprint density at radius 2 is 2.06 bits per heavy atom. The molecule has 1 aromatic heterocycles. The van der Waals surface area contributed by atoms with Crippen molar-refractivity contribution in [2.75, 3.05) is 18.4 Å². The lowest BCUT2D eigenvalue weighted by atomic mass is 10.1. The Morgan fingerprint density at radius 3 is 2.94 bits per heavy atom. The molecule has 1 aliphatic heterocycles. The monoisotopic (exact) mass is 227 g/mol. The lowest BCUT2D eigenvalue weighted by Gasteiger charge is -2.10. The van der Waals surface area contributed by atoms with Gasteiger partial charge in [0.05, 0.1) is 16.8 Å². The molecule has 0 aliphatic carbocycles. The van der Waals surface area contributed by atoms with Gasteiger partial charge in [0.25, 0.3) is 5.91 Å². The van der Waals surface area contributed by atoms with Crippen molar-refractivity contribution in [3.05, 3.63) is 35.5 Å². The first-order valence-electron chi connectivity index (χ1n) is 5.67. The molecule has 0 unspecified atom stereocenters. The molecule has 2 heterocycles. The van der Waals surface area contributed by atoms with Crippen LogP contribution in [0, 0.1) is 6.92 Å². The van der Waals surface area contributed by atoms with Gasteiger partial charge in [0.15, 0.2) is 0 Å². The minimum Gasteiger partial charge on any atom is -0.382 e. The van der Waals surface area contributed by atoms with Crippen LogP contribution in [0.4, 0.5) is 5.69 Å². The van der Waals surface area contributed by atoms with Crippen LogP contribution in [0.15, 0.2) is 24.4 Å². The maximum Gasteiger partial charge on any atom is 0.255 e. The SMILES string of the molecule is Cc1ccc2ncc3c(c2c1)NCCNC3=O. The van der Waals surface area contributed by atoms with Gasteiger partial charge in [-0.15, -0.1) is 0 Å². The Balaban J connectivity index is 2.33. The van der Waals surface area contributed by atoms with Gasteiger partial charge in [0.1, 0.15) is 0 Å². The van der Waals surface area contributed by atoms with E-state index >= 15 is 0 Å². The highest BCUT2D eigenvalue weighted by Crippen LogP contribution is 2.27. The van der Waals surface area contributed by atoms with Crippen molar-refractivity contribution >= 4 is 22.5 Å². The number of aromatic nitrogens is 1. The number of nitrogens with zero attached hydrogens (tertiary/aromatic N) is 1. The lowest BCUT2D eigenvalue weighted by molar-refractivity contribution is 0.0958. The molecule has 0 atom stereocenters. The summed E-state index contributed by atoms with van der Waals surface area (Å²) < 4.78 is 0. The molecule has 0 saturated heterocycles. The van der Waals surface area contributed by atoms with E-state index in [0.29, 0.717) is 12.1 Å². The van der Waals surface area contributed by atoms with Gasteiger partial charge in [-0.05, 0) is 19.1 Å². The van der Waals surface area contributed by atoms with Crippen molar-refractivity contribution in [2.45, 2.75) is 6.92 Å². The molecule has 17 heavy (non-hydrogen) atoms. The summed E-state index contributed by atoms with van der Waals surface area (Å²) in [6.07, 6.45) is 1.64. The number of amides is 1. The molecule has 0 bridgehead atoms. The number of benzene rings is 1. The van der Waals surface area contributed by atoms with Crippen LogP contribution in [0.5, 0.6) is 0 Å². The molecule has 4 heteroatoms. The first kappa shape index (κ1) is 10.1. The second kappa shape index (κ2) is 3.73. The van der Waals surface area contributed by atoms with Crippen molar-refractivity contribution in [3.8, 4) is 0 Å². The van der Waals surface area contributed by atoms with E-state index in [4.69, 9.17) is 0 Å². The van der Waals surface area contributed by atoms with E-state index < -0.39 is 0 Å². The van der Waals surface area contributed by atoms with Crippen LogP contribution in [0.2, 0.25) is 0 Å². The van der Waals surface area contributed by atoms with E-state index in [0.717, 1.165) is 23.1 Å². The molecule has 86 valence electrons. The topological polar surface area (TPSA) is 54.0 Å². The predicted molar refractivity (Wildman–Crippen MR) is 67.3 cm³/mol. The average Bonchev–Trinajstić information content (AvgIpc) is 2.52. The van der Waals surface area contributed by atoms with Crippen LogP contribution in [0.3, 0.4) is 0 Å². The number of fused-ring (bicyclic) bond motifs is 3. The van der Waals surface area contributed by atoms with Gasteiger partial charge in [-0.25, -0.2) is 0 Å². The number of anilines is 1. The molecular weight excluding hydrogens is 214 g/mol. The first-order chi connectivity index (χ1) is 8.25. The van der Waals surface area contributed by atoms with E-state index in [1.165, 1.54) is 5.56 Å². The summed E-state index contributed by atoms with van der Waals surface area (Å²) in [6, 6.07) is 6.07. The number of aryl methyl sites for hydroxylation is 1. The highest BCUT2D eigenvalue weighted by Gasteiger charge is 2.17. The van der Waals surface area contributed by atoms with Crippen molar-refractivity contribution < 1.29 is 4.79 Å². The summed E-state index contributed by atoms with van der Waals surface area (Å²) in [7, 11) is 0. The van der Waals surface area contributed by atoms with E-state index in [1.807, 2.05) is 19.1 Å². The van der Waals surface area contributed by atoms with Crippen LogP contribution in [0.25, 0.3) is 10.9 Å². The van der Waals surface area contributed by atoms with Crippen molar-refractivity contribution in [2.24, 2.45) is 0 Å². The molecule has 2 aromatic rings. The number of carbonyl (C=O) groups is 1. The quantitative estimate of drug-likeness (QED) is 0.720. The van der Waals surface area contributed by atoms with E-state index in [2.05, 4.69) is 21.7 Å². The van der Waals surface area contributed by atoms with Crippen LogP contribution >= 0.6 is 0 Å². The Morgan fingerprint density at radius 1 is 1.24 bits per heavy atom. The molecule has 1 amide bonds. The third-order valence-corrected chi connectivity index (χ3v) is 2.98. The van der Waals surface area contributed by atoms with Gasteiger partial charge in [-0.3, -0.25) is 9.78 Å². The molecule has 0 fully saturated rings. The second-order valence-corrected chi connectivity index (χ2v) is 4.25. The molecule has 1 aliphatic rings. The highest BCUT2D eigenvalue weighted by atomic mass is 16.1. The standard InChI is InChI=1S/C13H13N3O/c1-8-2-3-11-9(6-8)12-10(7-16-11)13(17)15-5-4-14-12/h2-3,6-7,14H,4-5H2,1H3,(H,15,17). The fourth-order valence-corrected chi connectivity index (χ4v) is 2.13. The summed E-state index contributed by atoms with van der Waals surface area (Å²) in [5.74, 6) is -0.0547. The molecular formula is C13H13N3O. The second-order valence-electron chi connectivity index (χ2n) is 4.25. The summed E-state index contributed by atoms with van der Waals surface area (Å²) in [5.41, 5.74) is 3.60. The van der Waals surface area contributed by atoms with Crippen molar-refractivity contribution in [3.63, 3.8) is 0 Å². The fraction of sp³-hybridized carbons (Fsp3) is 0.231. The Bertz CT molecular complexity index is 607. The van der Waals surface area contributed by atoms with Crippen LogP contribution in [0.1, 0.15) is 15.9 Å². The highest BCUT2D eigenvalue weighted by molar-refractivity contribution is 6.07. The maximum absolute atomic E-state index is 11.8. The molecule has 4 nitrogen and oxygen atoms in total. The smallest absolute Gasteiger partial charge is 0.255 e. The van der Waals surface area contributed by atoms with Crippen LogP contribution < -0.4 is 10.6 Å². The minimum absolute atomic E-state index is 0.0547. The van der Waals surface area contributed by atoms with Gasteiger partial charge >= 0.3 is 0 Å². The van der Waals surface area contributed by atoms with Gasteiger partial charge in [-0.1, -0.05) is 11.6 Å². The fourth-order valence-electron chi connectivity index (χ4n) is 2.13. The van der Waals surface area contributed by atoms with Crippen molar-refractivity contribution in [1.82, 2.24) is 10.3 Å². The Labute approximate surface area is 99.0 Å². The van der Waals surface area contributed by atoms with Crippen molar-refractivity contribution in [1.29, 1.82) is 0 Å². The number of rotatable bonds is 0. The largest absolute Gasteiger partial charge is 0.382 e. The maximum atomic E-state index is 11.8. The zero-order valence-electron chi connectivity index (χ0n) is 9.58. The third-order valence-electron chi connectivity index (χ3n) is 2.98. The Kier molecular flexibility index (Phi) is 2.21. The van der Waals surface area contributed by atoms with Gasteiger partial charge < -0.3 is 10.6 Å². The van der Waals surface area contributed by atoms with Crippen LogP contribution in [-0.2, 0) is 0 Å². The summed E-state index contributed by atoms with van der Waals surface area (Å²) >= 11 is 0. The molecule has 3 rings (SSSR count). The zero-order valence-corrected chi connectivity index (χ0v) is 9.58. The summed E-state index contributed by atoms with van der Waals surface area (Å²) in [6.45, 7) is 3.42. The molecule has 2 N–H and O–H groups in total. The molecule has 0 spiro atoms. The number of nitrogens with one attached hydrogen (secondary N) is 2. The van der Waals surface area contributed by atoms with Gasteiger partial charge in [-0.2, -0.15) is 0 Å². The minimum atomic E-state index is -0.0547. The Hall–Kier alpha value is -2.10.